The highest BCUT2D eigenvalue weighted by atomic mass is 35.5. The zero-order valence-corrected chi connectivity index (χ0v) is 24.0. The molecule has 4 heterocycles. The van der Waals surface area contributed by atoms with E-state index < -0.39 is 5.97 Å². The second kappa shape index (κ2) is 11.5. The topological polar surface area (TPSA) is 82.0 Å². The number of aromatic nitrogens is 2. The first-order valence-electron chi connectivity index (χ1n) is 13.8. The molecule has 40 heavy (non-hydrogen) atoms. The summed E-state index contributed by atoms with van der Waals surface area (Å²) in [6.45, 7) is 6.41. The fourth-order valence-electron chi connectivity index (χ4n) is 6.12. The van der Waals surface area contributed by atoms with E-state index >= 15 is 0 Å². The van der Waals surface area contributed by atoms with E-state index in [1.165, 1.54) is 0 Å². The summed E-state index contributed by atoms with van der Waals surface area (Å²) >= 11 is 12.6. The highest BCUT2D eigenvalue weighted by molar-refractivity contribution is 6.35. The molecule has 0 radical (unpaired) electrons. The maximum atomic E-state index is 11.5. The van der Waals surface area contributed by atoms with E-state index in [1.54, 1.807) is 12.3 Å². The summed E-state index contributed by atoms with van der Waals surface area (Å²) in [5.41, 5.74) is 2.60. The van der Waals surface area contributed by atoms with Gasteiger partial charge in [-0.15, -0.1) is 0 Å². The smallest absolute Gasteiger partial charge is 0.307 e. The minimum Gasteiger partial charge on any atom is -0.481 e. The van der Waals surface area contributed by atoms with Crippen molar-refractivity contribution < 1.29 is 14.6 Å². The second-order valence-electron chi connectivity index (χ2n) is 11.1. The number of rotatable bonds is 7. The third-order valence-electron chi connectivity index (χ3n) is 8.37. The molecule has 0 amide bonds. The molecule has 10 heteroatoms. The Morgan fingerprint density at radius 2 is 1.68 bits per heavy atom. The standard InChI is InChI=1S/C30H33Cl2N5O3/c1-35-8-10-37(11-9-35)27-3-2-23(17-33-27)40-28-13-19(12-26(34-28)20-14-21(31)16-22(32)15-20)18-36-6-4-24-25(5-7-36)29(24)30(38)39/h2-3,12-17,24-25,29H,4-11,18H2,1H3,(H,38,39)/t24-,25-/m1/s1. The van der Waals surface area contributed by atoms with Crippen LogP contribution in [0.15, 0.2) is 48.7 Å². The number of piperazine rings is 1. The first kappa shape index (κ1) is 27.3. The van der Waals surface area contributed by atoms with Crippen LogP contribution in [0.3, 0.4) is 0 Å². The number of carbonyl (C=O) groups is 1. The highest BCUT2D eigenvalue weighted by Crippen LogP contribution is 2.52. The van der Waals surface area contributed by atoms with Crippen LogP contribution < -0.4 is 9.64 Å². The molecule has 2 aliphatic heterocycles. The second-order valence-corrected chi connectivity index (χ2v) is 12.0. The molecule has 8 nitrogen and oxygen atoms in total. The van der Waals surface area contributed by atoms with Crippen molar-refractivity contribution in [2.24, 2.45) is 17.8 Å². The van der Waals surface area contributed by atoms with Gasteiger partial charge < -0.3 is 19.6 Å². The molecule has 1 aromatic carbocycles. The van der Waals surface area contributed by atoms with Gasteiger partial charge in [0.1, 0.15) is 11.6 Å². The Labute approximate surface area is 244 Å². The van der Waals surface area contributed by atoms with Crippen LogP contribution in [-0.2, 0) is 11.3 Å². The fourth-order valence-corrected chi connectivity index (χ4v) is 6.64. The zero-order valence-electron chi connectivity index (χ0n) is 22.5. The number of pyridine rings is 2. The number of nitrogens with zero attached hydrogens (tertiary/aromatic N) is 5. The number of carboxylic acids is 1. The van der Waals surface area contributed by atoms with E-state index in [0.717, 1.165) is 81.3 Å². The van der Waals surface area contributed by atoms with Gasteiger partial charge in [-0.05, 0) is 86.8 Å². The van der Waals surface area contributed by atoms with Crippen molar-refractivity contribution >= 4 is 35.0 Å². The number of fused-ring (bicyclic) bond motifs is 1. The fraction of sp³-hybridized carbons (Fsp3) is 0.433. The van der Waals surface area contributed by atoms with Gasteiger partial charge in [0.05, 0.1) is 17.8 Å². The third-order valence-corrected chi connectivity index (χ3v) is 8.81. The number of hydrogen-bond donors (Lipinski definition) is 1. The molecule has 1 saturated carbocycles. The number of halogens is 2. The molecule has 0 unspecified atom stereocenters. The number of likely N-dealkylation sites (tertiary alicyclic amines) is 1. The molecule has 1 N–H and O–H groups in total. The average molecular weight is 583 g/mol. The van der Waals surface area contributed by atoms with E-state index in [4.69, 9.17) is 32.9 Å². The van der Waals surface area contributed by atoms with E-state index in [2.05, 4.69) is 32.8 Å². The Morgan fingerprint density at radius 3 is 2.30 bits per heavy atom. The lowest BCUT2D eigenvalue weighted by atomic mass is 10.1. The SMILES string of the molecule is CN1CCN(c2ccc(Oc3cc(CN4CC[C@H]5C(C(=O)O)[C@@H]5CC4)cc(-c4cc(Cl)cc(Cl)c4)n3)cn2)CC1. The summed E-state index contributed by atoms with van der Waals surface area (Å²) in [5.74, 6) is 1.86. The van der Waals surface area contributed by atoms with Gasteiger partial charge in [-0.1, -0.05) is 23.2 Å². The molecule has 2 atom stereocenters. The quantitative estimate of drug-likeness (QED) is 0.389. The minimum atomic E-state index is -0.643. The molecule has 0 bridgehead atoms. The lowest BCUT2D eigenvalue weighted by Crippen LogP contribution is -2.44. The number of aliphatic carboxylic acids is 1. The van der Waals surface area contributed by atoms with Crippen molar-refractivity contribution in [3.05, 3.63) is 64.3 Å². The van der Waals surface area contributed by atoms with E-state index in [0.29, 0.717) is 33.5 Å². The third kappa shape index (κ3) is 6.20. The molecule has 2 aromatic heterocycles. The summed E-state index contributed by atoms with van der Waals surface area (Å²) in [5, 5.41) is 10.5. The zero-order chi connectivity index (χ0) is 27.8. The normalized spacial score (nSPS) is 23.4. The van der Waals surface area contributed by atoms with Gasteiger partial charge in [0.15, 0.2) is 0 Å². The maximum absolute atomic E-state index is 11.5. The van der Waals surface area contributed by atoms with Crippen LogP contribution >= 0.6 is 23.2 Å². The molecular formula is C30H33Cl2N5O3. The molecule has 3 aliphatic rings. The lowest BCUT2D eigenvalue weighted by Gasteiger charge is -2.33. The van der Waals surface area contributed by atoms with Crippen LogP contribution in [0.25, 0.3) is 11.3 Å². The van der Waals surface area contributed by atoms with Gasteiger partial charge in [0.2, 0.25) is 5.88 Å². The molecule has 2 saturated heterocycles. The molecule has 3 aromatic rings. The van der Waals surface area contributed by atoms with Gasteiger partial charge in [-0.2, -0.15) is 0 Å². The summed E-state index contributed by atoms with van der Waals surface area (Å²) < 4.78 is 6.23. The number of benzene rings is 1. The van der Waals surface area contributed by atoms with Gasteiger partial charge in [-0.3, -0.25) is 9.69 Å². The minimum absolute atomic E-state index is 0.154. The number of hydrogen-bond acceptors (Lipinski definition) is 7. The Morgan fingerprint density at radius 1 is 0.975 bits per heavy atom. The van der Waals surface area contributed by atoms with Crippen LogP contribution in [0.1, 0.15) is 18.4 Å². The van der Waals surface area contributed by atoms with Crippen LogP contribution in [0.4, 0.5) is 5.82 Å². The van der Waals surface area contributed by atoms with Gasteiger partial charge in [0.25, 0.3) is 0 Å². The van der Waals surface area contributed by atoms with Gasteiger partial charge in [0, 0.05) is 54.4 Å². The largest absolute Gasteiger partial charge is 0.481 e. The monoisotopic (exact) mass is 581 g/mol. The summed E-state index contributed by atoms with van der Waals surface area (Å²) in [4.78, 5) is 27.9. The first-order chi connectivity index (χ1) is 19.3. The molecule has 210 valence electrons. The van der Waals surface area contributed by atoms with Crippen LogP contribution in [0.2, 0.25) is 10.0 Å². The number of ether oxygens (including phenoxy) is 1. The van der Waals surface area contributed by atoms with Crippen LogP contribution in [-0.4, -0.2) is 77.2 Å². The summed E-state index contributed by atoms with van der Waals surface area (Å²) in [6.07, 6.45) is 3.58. The van der Waals surface area contributed by atoms with E-state index in [1.807, 2.05) is 30.3 Å². The molecule has 3 fully saturated rings. The first-order valence-corrected chi connectivity index (χ1v) is 14.6. The van der Waals surface area contributed by atoms with Gasteiger partial charge in [-0.25, -0.2) is 9.97 Å². The molecular weight excluding hydrogens is 549 g/mol. The van der Waals surface area contributed by atoms with Crippen LogP contribution in [0, 0.1) is 17.8 Å². The summed E-state index contributed by atoms with van der Waals surface area (Å²) in [7, 11) is 2.14. The Bertz CT molecular complexity index is 1350. The van der Waals surface area contributed by atoms with Crippen molar-refractivity contribution in [3.63, 3.8) is 0 Å². The maximum Gasteiger partial charge on any atom is 0.307 e. The Balaban J connectivity index is 1.21. The van der Waals surface area contributed by atoms with Crippen molar-refractivity contribution in [2.75, 3.05) is 51.2 Å². The van der Waals surface area contributed by atoms with Gasteiger partial charge >= 0.3 is 5.97 Å². The molecule has 6 rings (SSSR count). The average Bonchev–Trinajstić information content (AvgIpc) is 3.66. The highest BCUT2D eigenvalue weighted by Gasteiger charge is 2.54. The van der Waals surface area contributed by atoms with Crippen molar-refractivity contribution in [2.45, 2.75) is 19.4 Å². The molecule has 0 spiro atoms. The number of carboxylic acid groups (broad SMARTS) is 1. The predicted octanol–water partition coefficient (Wildman–Crippen LogP) is 5.54. The van der Waals surface area contributed by atoms with E-state index in [9.17, 15) is 9.90 Å². The van der Waals surface area contributed by atoms with Crippen molar-refractivity contribution in [3.8, 4) is 22.9 Å². The predicted molar refractivity (Wildman–Crippen MR) is 156 cm³/mol. The molecule has 1 aliphatic carbocycles. The number of anilines is 1. The summed E-state index contributed by atoms with van der Waals surface area (Å²) in [6, 6.07) is 13.3. The van der Waals surface area contributed by atoms with Crippen molar-refractivity contribution in [1.82, 2.24) is 19.8 Å². The van der Waals surface area contributed by atoms with Crippen molar-refractivity contribution in [1.29, 1.82) is 0 Å². The Kier molecular flexibility index (Phi) is 7.86. The van der Waals surface area contributed by atoms with E-state index in [-0.39, 0.29) is 5.92 Å². The number of likely N-dealkylation sites (N-methyl/N-ethyl adjacent to an activating group) is 1. The lowest BCUT2D eigenvalue weighted by molar-refractivity contribution is -0.139. The Hall–Kier alpha value is -2.91. The van der Waals surface area contributed by atoms with Crippen LogP contribution in [0.5, 0.6) is 11.6 Å².